The zero-order valence-electron chi connectivity index (χ0n) is 13.7. The lowest BCUT2D eigenvalue weighted by atomic mass is 9.90. The van der Waals surface area contributed by atoms with Crippen molar-refractivity contribution < 1.29 is 0 Å². The van der Waals surface area contributed by atoms with Crippen LogP contribution < -0.4 is 10.2 Å². The average Bonchev–Trinajstić information content (AvgIpc) is 2.51. The number of hydrogen-bond donors (Lipinski definition) is 1. The first kappa shape index (κ1) is 14.9. The molecule has 1 fully saturated rings. The van der Waals surface area contributed by atoms with E-state index in [0.29, 0.717) is 12.1 Å². The molecule has 0 radical (unpaired) electrons. The van der Waals surface area contributed by atoms with Gasteiger partial charge in [-0.25, -0.2) is 0 Å². The van der Waals surface area contributed by atoms with Gasteiger partial charge in [-0.1, -0.05) is 19.1 Å². The molecule has 1 aliphatic heterocycles. The summed E-state index contributed by atoms with van der Waals surface area (Å²) >= 11 is 0. The molecule has 2 aliphatic rings. The summed E-state index contributed by atoms with van der Waals surface area (Å²) in [6.07, 6.45) is 9.07. The van der Waals surface area contributed by atoms with E-state index in [1.807, 2.05) is 0 Å². The summed E-state index contributed by atoms with van der Waals surface area (Å²) in [7, 11) is 0. The van der Waals surface area contributed by atoms with Crippen molar-refractivity contribution in [1.82, 2.24) is 5.32 Å². The third kappa shape index (κ3) is 3.42. The summed E-state index contributed by atoms with van der Waals surface area (Å²) in [4.78, 5) is 2.67. The molecule has 2 heteroatoms. The third-order valence-electron chi connectivity index (χ3n) is 5.30. The molecule has 1 aromatic rings. The summed E-state index contributed by atoms with van der Waals surface area (Å²) in [5.41, 5.74) is 4.80. The lowest BCUT2D eigenvalue weighted by Gasteiger charge is -2.35. The Morgan fingerprint density at radius 2 is 1.95 bits per heavy atom. The van der Waals surface area contributed by atoms with Crippen LogP contribution in [0.15, 0.2) is 18.2 Å². The van der Waals surface area contributed by atoms with E-state index in [1.54, 1.807) is 11.1 Å². The fourth-order valence-corrected chi connectivity index (χ4v) is 3.96. The average molecular weight is 286 g/mol. The number of nitrogens with one attached hydrogen (secondary N) is 1. The molecule has 0 aromatic heterocycles. The topological polar surface area (TPSA) is 15.3 Å². The van der Waals surface area contributed by atoms with Gasteiger partial charge in [0, 0.05) is 30.9 Å². The van der Waals surface area contributed by atoms with E-state index in [4.69, 9.17) is 0 Å². The first-order valence-corrected chi connectivity index (χ1v) is 8.89. The molecule has 2 nitrogen and oxygen atoms in total. The van der Waals surface area contributed by atoms with Gasteiger partial charge in [0.1, 0.15) is 0 Å². The zero-order chi connectivity index (χ0) is 14.7. The van der Waals surface area contributed by atoms with Gasteiger partial charge in [0.2, 0.25) is 0 Å². The van der Waals surface area contributed by atoms with E-state index in [2.05, 4.69) is 42.3 Å². The van der Waals surface area contributed by atoms with Crippen molar-refractivity contribution in [2.75, 3.05) is 18.0 Å². The molecule has 0 saturated carbocycles. The Balaban J connectivity index is 1.81. The Morgan fingerprint density at radius 3 is 2.81 bits per heavy atom. The Labute approximate surface area is 129 Å². The largest absolute Gasteiger partial charge is 0.371 e. The highest BCUT2D eigenvalue weighted by Gasteiger charge is 2.21. The standard InChI is InChI=1S/C19H30N2/c1-3-17-12-14-21(13-11-15(2)20-17)19-10-6-8-16-7-4-5-9-18(16)19/h6,8,10,15,17,20H,3-5,7,9,11-14H2,1-2H3. The highest BCUT2D eigenvalue weighted by molar-refractivity contribution is 5.57. The maximum absolute atomic E-state index is 3.78. The van der Waals surface area contributed by atoms with Crippen molar-refractivity contribution >= 4 is 5.69 Å². The van der Waals surface area contributed by atoms with Crippen LogP contribution >= 0.6 is 0 Å². The second-order valence-electron chi connectivity index (χ2n) is 6.86. The summed E-state index contributed by atoms with van der Waals surface area (Å²) in [6, 6.07) is 8.31. The Hall–Kier alpha value is -1.02. The van der Waals surface area contributed by atoms with Crippen molar-refractivity contribution in [1.29, 1.82) is 0 Å². The van der Waals surface area contributed by atoms with Crippen molar-refractivity contribution in [2.45, 2.75) is 70.9 Å². The van der Waals surface area contributed by atoms with Crippen molar-refractivity contribution in [3.8, 4) is 0 Å². The highest BCUT2D eigenvalue weighted by atomic mass is 15.1. The third-order valence-corrected chi connectivity index (χ3v) is 5.30. The number of aryl methyl sites for hydroxylation is 1. The van der Waals surface area contributed by atoms with Crippen LogP contribution in [0.5, 0.6) is 0 Å². The van der Waals surface area contributed by atoms with E-state index in [1.165, 1.54) is 63.7 Å². The van der Waals surface area contributed by atoms with Gasteiger partial charge in [-0.05, 0) is 69.1 Å². The Bertz CT molecular complexity index is 469. The van der Waals surface area contributed by atoms with Crippen LogP contribution in [0, 0.1) is 0 Å². The number of nitrogens with zero attached hydrogens (tertiary/aromatic N) is 1. The van der Waals surface area contributed by atoms with E-state index in [9.17, 15) is 0 Å². The Kier molecular flexibility index (Phi) is 4.84. The van der Waals surface area contributed by atoms with Gasteiger partial charge >= 0.3 is 0 Å². The fraction of sp³-hybridized carbons (Fsp3) is 0.684. The molecule has 2 atom stereocenters. The lowest BCUT2D eigenvalue weighted by molar-refractivity contribution is 0.378. The van der Waals surface area contributed by atoms with E-state index < -0.39 is 0 Å². The summed E-state index contributed by atoms with van der Waals surface area (Å²) in [5.74, 6) is 0. The molecule has 1 aliphatic carbocycles. The van der Waals surface area contributed by atoms with E-state index in [0.717, 1.165) is 0 Å². The zero-order valence-corrected chi connectivity index (χ0v) is 13.7. The van der Waals surface area contributed by atoms with Crippen LogP contribution in [0.2, 0.25) is 0 Å². The van der Waals surface area contributed by atoms with Gasteiger partial charge in [0.25, 0.3) is 0 Å². The smallest absolute Gasteiger partial charge is 0.0401 e. The number of benzene rings is 1. The predicted octanol–water partition coefficient (Wildman–Crippen LogP) is 3.92. The minimum atomic E-state index is 0.636. The first-order valence-electron chi connectivity index (χ1n) is 8.89. The molecule has 3 rings (SSSR count). The molecule has 1 N–H and O–H groups in total. The minimum absolute atomic E-state index is 0.636. The normalized spacial score (nSPS) is 26.9. The lowest BCUT2D eigenvalue weighted by Crippen LogP contribution is -2.44. The van der Waals surface area contributed by atoms with Crippen molar-refractivity contribution in [3.05, 3.63) is 29.3 Å². The molecular weight excluding hydrogens is 256 g/mol. The van der Waals surface area contributed by atoms with Gasteiger partial charge < -0.3 is 10.2 Å². The summed E-state index contributed by atoms with van der Waals surface area (Å²) in [5, 5.41) is 3.78. The maximum Gasteiger partial charge on any atom is 0.0401 e. The first-order chi connectivity index (χ1) is 10.3. The molecule has 1 saturated heterocycles. The molecule has 1 aromatic carbocycles. The van der Waals surface area contributed by atoms with Crippen molar-refractivity contribution in [2.24, 2.45) is 0 Å². The van der Waals surface area contributed by atoms with Crippen LogP contribution in [-0.4, -0.2) is 25.2 Å². The van der Waals surface area contributed by atoms with Crippen LogP contribution in [0.25, 0.3) is 0 Å². The van der Waals surface area contributed by atoms with Crippen LogP contribution in [0.3, 0.4) is 0 Å². The molecule has 1 heterocycles. The summed E-state index contributed by atoms with van der Waals surface area (Å²) < 4.78 is 0. The number of rotatable bonds is 2. The monoisotopic (exact) mass is 286 g/mol. The molecule has 0 bridgehead atoms. The van der Waals surface area contributed by atoms with Crippen molar-refractivity contribution in [3.63, 3.8) is 0 Å². The van der Waals surface area contributed by atoms with E-state index >= 15 is 0 Å². The predicted molar refractivity (Wildman–Crippen MR) is 91.2 cm³/mol. The molecule has 116 valence electrons. The molecule has 21 heavy (non-hydrogen) atoms. The van der Waals surface area contributed by atoms with Crippen LogP contribution in [0.4, 0.5) is 5.69 Å². The summed E-state index contributed by atoms with van der Waals surface area (Å²) in [6.45, 7) is 7.04. The highest BCUT2D eigenvalue weighted by Crippen LogP contribution is 2.31. The number of hydrogen-bond acceptors (Lipinski definition) is 2. The van der Waals surface area contributed by atoms with E-state index in [-0.39, 0.29) is 0 Å². The second kappa shape index (κ2) is 6.83. The van der Waals surface area contributed by atoms with Gasteiger partial charge in [-0.15, -0.1) is 0 Å². The fourth-order valence-electron chi connectivity index (χ4n) is 3.96. The molecule has 0 spiro atoms. The Morgan fingerprint density at radius 1 is 1.14 bits per heavy atom. The van der Waals surface area contributed by atoms with Gasteiger partial charge in [0.05, 0.1) is 0 Å². The minimum Gasteiger partial charge on any atom is -0.371 e. The molecule has 0 amide bonds. The van der Waals surface area contributed by atoms with Gasteiger partial charge in [0.15, 0.2) is 0 Å². The molecule has 2 unspecified atom stereocenters. The van der Waals surface area contributed by atoms with Crippen LogP contribution in [0.1, 0.15) is 57.1 Å². The number of anilines is 1. The quantitative estimate of drug-likeness (QED) is 0.886. The second-order valence-corrected chi connectivity index (χ2v) is 6.86. The maximum atomic E-state index is 3.78. The molecular formula is C19H30N2. The number of fused-ring (bicyclic) bond motifs is 1. The van der Waals surface area contributed by atoms with Crippen LogP contribution in [-0.2, 0) is 12.8 Å². The van der Waals surface area contributed by atoms with Gasteiger partial charge in [-0.2, -0.15) is 0 Å². The van der Waals surface area contributed by atoms with Gasteiger partial charge in [-0.3, -0.25) is 0 Å². The SMILES string of the molecule is CCC1CCN(c2cccc3c2CCCC3)CCC(C)N1.